The van der Waals surface area contributed by atoms with Crippen molar-refractivity contribution in [3.8, 4) is 17.2 Å². The summed E-state index contributed by atoms with van der Waals surface area (Å²) in [6.45, 7) is 4.52. The molecule has 0 radical (unpaired) electrons. The fourth-order valence-corrected chi connectivity index (χ4v) is 2.79. The third-order valence-electron chi connectivity index (χ3n) is 3.52. The number of hydrogen-bond acceptors (Lipinski definition) is 3. The van der Waals surface area contributed by atoms with Gasteiger partial charge >= 0.3 is 0 Å². The standard InChI is InChI=1S/C17H18ClNO2/c1-17(2)9-11-4-3-5-15(16(11)21-17)20-14-7-6-13(18)8-12(14)10-19/h3-8H,9-10,19H2,1-2H3. The summed E-state index contributed by atoms with van der Waals surface area (Å²) >= 11 is 5.99. The second kappa shape index (κ2) is 5.24. The van der Waals surface area contributed by atoms with E-state index in [1.54, 1.807) is 6.07 Å². The Morgan fingerprint density at radius 2 is 2.05 bits per heavy atom. The van der Waals surface area contributed by atoms with Gasteiger partial charge in [-0.2, -0.15) is 0 Å². The van der Waals surface area contributed by atoms with Crippen LogP contribution in [-0.4, -0.2) is 5.60 Å². The lowest BCUT2D eigenvalue weighted by molar-refractivity contribution is 0.135. The molecule has 2 aromatic rings. The molecular formula is C17H18ClNO2. The van der Waals surface area contributed by atoms with E-state index < -0.39 is 0 Å². The number of benzene rings is 2. The number of ether oxygens (including phenoxy) is 2. The van der Waals surface area contributed by atoms with Crippen molar-refractivity contribution in [3.63, 3.8) is 0 Å². The van der Waals surface area contributed by atoms with Gasteiger partial charge in [0.25, 0.3) is 0 Å². The lowest BCUT2D eigenvalue weighted by Crippen LogP contribution is -2.24. The van der Waals surface area contributed by atoms with Crippen molar-refractivity contribution in [3.05, 3.63) is 52.5 Å². The Kier molecular flexibility index (Phi) is 3.56. The highest BCUT2D eigenvalue weighted by Crippen LogP contribution is 2.43. The second-order valence-corrected chi connectivity index (χ2v) is 6.28. The minimum absolute atomic E-state index is 0.196. The van der Waals surface area contributed by atoms with Gasteiger partial charge in [-0.25, -0.2) is 0 Å². The van der Waals surface area contributed by atoms with Crippen LogP contribution in [0.25, 0.3) is 0 Å². The molecule has 0 saturated heterocycles. The van der Waals surface area contributed by atoms with E-state index in [0.29, 0.717) is 17.3 Å². The first kappa shape index (κ1) is 14.2. The van der Waals surface area contributed by atoms with Crippen LogP contribution in [-0.2, 0) is 13.0 Å². The minimum atomic E-state index is -0.196. The van der Waals surface area contributed by atoms with Crippen LogP contribution in [0.2, 0.25) is 5.02 Å². The third-order valence-corrected chi connectivity index (χ3v) is 3.75. The molecule has 0 spiro atoms. The summed E-state index contributed by atoms with van der Waals surface area (Å²) in [7, 11) is 0. The molecule has 0 aliphatic carbocycles. The van der Waals surface area contributed by atoms with Crippen molar-refractivity contribution >= 4 is 11.6 Å². The molecule has 0 saturated carbocycles. The summed E-state index contributed by atoms with van der Waals surface area (Å²) in [5, 5.41) is 0.651. The van der Waals surface area contributed by atoms with Crippen molar-refractivity contribution < 1.29 is 9.47 Å². The van der Waals surface area contributed by atoms with E-state index in [9.17, 15) is 0 Å². The zero-order valence-corrected chi connectivity index (χ0v) is 12.9. The molecule has 1 aliphatic rings. The zero-order valence-electron chi connectivity index (χ0n) is 12.2. The number of halogens is 1. The summed E-state index contributed by atoms with van der Waals surface area (Å²) in [4.78, 5) is 0. The van der Waals surface area contributed by atoms with Crippen LogP contribution in [0.3, 0.4) is 0 Å². The Hall–Kier alpha value is -1.71. The van der Waals surface area contributed by atoms with Crippen LogP contribution in [0.1, 0.15) is 25.0 Å². The Balaban J connectivity index is 1.96. The van der Waals surface area contributed by atoms with E-state index in [2.05, 4.69) is 19.9 Å². The topological polar surface area (TPSA) is 44.5 Å². The summed E-state index contributed by atoms with van der Waals surface area (Å²) in [6, 6.07) is 11.4. The van der Waals surface area contributed by atoms with E-state index in [0.717, 1.165) is 23.5 Å². The van der Waals surface area contributed by atoms with E-state index in [-0.39, 0.29) is 5.60 Å². The van der Waals surface area contributed by atoms with Crippen LogP contribution >= 0.6 is 11.6 Å². The molecule has 2 N–H and O–H groups in total. The summed E-state index contributed by atoms with van der Waals surface area (Å²) in [5.74, 6) is 2.25. The fourth-order valence-electron chi connectivity index (χ4n) is 2.59. The predicted octanol–water partition coefficient (Wildman–Crippen LogP) is 4.30. The maximum atomic E-state index is 6.03. The Labute approximate surface area is 129 Å². The molecule has 0 bridgehead atoms. The maximum Gasteiger partial charge on any atom is 0.169 e. The number of rotatable bonds is 3. The average Bonchev–Trinajstić information content (AvgIpc) is 2.75. The van der Waals surface area contributed by atoms with Gasteiger partial charge in [0.15, 0.2) is 11.5 Å². The van der Waals surface area contributed by atoms with Gasteiger partial charge < -0.3 is 15.2 Å². The molecule has 110 valence electrons. The molecule has 3 nitrogen and oxygen atoms in total. The van der Waals surface area contributed by atoms with Crippen molar-refractivity contribution in [1.82, 2.24) is 0 Å². The van der Waals surface area contributed by atoms with Crippen molar-refractivity contribution in [2.75, 3.05) is 0 Å². The lowest BCUT2D eigenvalue weighted by Gasteiger charge is -2.18. The monoisotopic (exact) mass is 303 g/mol. The van der Waals surface area contributed by atoms with Crippen LogP contribution in [0.15, 0.2) is 36.4 Å². The zero-order chi connectivity index (χ0) is 15.0. The van der Waals surface area contributed by atoms with Gasteiger partial charge in [0.1, 0.15) is 11.4 Å². The molecule has 1 aliphatic heterocycles. The molecule has 0 fully saturated rings. The smallest absolute Gasteiger partial charge is 0.169 e. The molecule has 0 aromatic heterocycles. The van der Waals surface area contributed by atoms with Gasteiger partial charge in [-0.15, -0.1) is 0 Å². The molecule has 0 atom stereocenters. The Morgan fingerprint density at radius 3 is 2.81 bits per heavy atom. The molecule has 3 rings (SSSR count). The van der Waals surface area contributed by atoms with Crippen LogP contribution in [0, 0.1) is 0 Å². The van der Waals surface area contributed by atoms with Gasteiger partial charge in [0.05, 0.1) is 0 Å². The molecule has 0 amide bonds. The van der Waals surface area contributed by atoms with E-state index in [1.807, 2.05) is 24.3 Å². The number of hydrogen-bond donors (Lipinski definition) is 1. The van der Waals surface area contributed by atoms with Crippen LogP contribution in [0.5, 0.6) is 17.2 Å². The van der Waals surface area contributed by atoms with Gasteiger partial charge in [0.2, 0.25) is 0 Å². The van der Waals surface area contributed by atoms with Gasteiger partial charge in [-0.05, 0) is 38.1 Å². The Morgan fingerprint density at radius 1 is 1.24 bits per heavy atom. The lowest BCUT2D eigenvalue weighted by atomic mass is 10.0. The van der Waals surface area contributed by atoms with Gasteiger partial charge in [-0.3, -0.25) is 0 Å². The first-order valence-electron chi connectivity index (χ1n) is 6.96. The number of fused-ring (bicyclic) bond motifs is 1. The molecule has 4 heteroatoms. The van der Waals surface area contributed by atoms with E-state index >= 15 is 0 Å². The molecule has 1 heterocycles. The summed E-state index contributed by atoms with van der Waals surface area (Å²) in [5.41, 5.74) is 7.60. The second-order valence-electron chi connectivity index (χ2n) is 5.84. The van der Waals surface area contributed by atoms with Crippen molar-refractivity contribution in [2.45, 2.75) is 32.4 Å². The highest BCUT2D eigenvalue weighted by atomic mass is 35.5. The predicted molar refractivity (Wildman–Crippen MR) is 84.3 cm³/mol. The fraction of sp³-hybridized carbons (Fsp3) is 0.294. The maximum absolute atomic E-state index is 6.03. The summed E-state index contributed by atoms with van der Waals surface area (Å²) < 4.78 is 12.0. The number of nitrogens with two attached hydrogens (primary N) is 1. The first-order chi connectivity index (χ1) is 9.98. The van der Waals surface area contributed by atoms with Gasteiger partial charge in [0, 0.05) is 29.1 Å². The molecule has 2 aromatic carbocycles. The third kappa shape index (κ3) is 2.85. The minimum Gasteiger partial charge on any atom is -0.483 e. The highest BCUT2D eigenvalue weighted by Gasteiger charge is 2.32. The van der Waals surface area contributed by atoms with Crippen molar-refractivity contribution in [2.24, 2.45) is 5.73 Å². The molecule has 21 heavy (non-hydrogen) atoms. The Bertz CT molecular complexity index is 682. The largest absolute Gasteiger partial charge is 0.483 e. The molecular weight excluding hydrogens is 286 g/mol. The van der Waals surface area contributed by atoms with Crippen LogP contribution < -0.4 is 15.2 Å². The van der Waals surface area contributed by atoms with E-state index in [1.165, 1.54) is 5.56 Å². The quantitative estimate of drug-likeness (QED) is 0.919. The normalized spacial score (nSPS) is 15.4. The highest BCUT2D eigenvalue weighted by molar-refractivity contribution is 6.30. The van der Waals surface area contributed by atoms with E-state index in [4.69, 9.17) is 26.8 Å². The van der Waals surface area contributed by atoms with Gasteiger partial charge in [-0.1, -0.05) is 23.7 Å². The average molecular weight is 304 g/mol. The number of para-hydroxylation sites is 1. The summed E-state index contributed by atoms with van der Waals surface area (Å²) in [6.07, 6.45) is 0.879. The SMILES string of the molecule is CC1(C)Cc2cccc(Oc3ccc(Cl)cc3CN)c2O1. The van der Waals surface area contributed by atoms with Crippen LogP contribution in [0.4, 0.5) is 0 Å². The first-order valence-corrected chi connectivity index (χ1v) is 7.33. The van der Waals surface area contributed by atoms with Crippen molar-refractivity contribution in [1.29, 1.82) is 0 Å². The molecule has 0 unspecified atom stereocenters.